The maximum atomic E-state index is 12.4. The summed E-state index contributed by atoms with van der Waals surface area (Å²) in [6.07, 6.45) is 0. The van der Waals surface area contributed by atoms with Crippen LogP contribution >= 0.6 is 15.9 Å². The molecule has 1 N–H and O–H groups in total. The van der Waals surface area contributed by atoms with E-state index in [2.05, 4.69) is 21.2 Å². The van der Waals surface area contributed by atoms with Crippen molar-refractivity contribution in [1.29, 1.82) is 0 Å². The second-order valence-electron chi connectivity index (χ2n) is 5.73. The number of carbonyl (C=O) groups excluding carboxylic acids is 1. The average molecular weight is 423 g/mol. The Labute approximate surface area is 162 Å². The number of ether oxygens (including phenoxy) is 3. The SMILES string of the molecule is COc1cc(NC(=O)CN(C)Cc2ccccc2Br)cc(OC)c1OC. The molecule has 1 amide bonds. The van der Waals surface area contributed by atoms with Crippen LogP contribution in [0.5, 0.6) is 17.2 Å². The molecule has 6 nitrogen and oxygen atoms in total. The molecule has 2 aromatic rings. The molecule has 0 atom stereocenters. The molecule has 140 valence electrons. The Bertz CT molecular complexity index is 742. The molecule has 0 unspecified atom stereocenters. The highest BCUT2D eigenvalue weighted by molar-refractivity contribution is 9.10. The summed E-state index contributed by atoms with van der Waals surface area (Å²) < 4.78 is 16.9. The van der Waals surface area contributed by atoms with Crippen molar-refractivity contribution in [2.24, 2.45) is 0 Å². The lowest BCUT2D eigenvalue weighted by Gasteiger charge is -2.18. The summed E-state index contributed by atoms with van der Waals surface area (Å²) in [5.74, 6) is 1.33. The van der Waals surface area contributed by atoms with Gasteiger partial charge in [-0.1, -0.05) is 34.1 Å². The summed E-state index contributed by atoms with van der Waals surface area (Å²) in [5, 5.41) is 2.87. The third-order valence-electron chi connectivity index (χ3n) is 3.76. The topological polar surface area (TPSA) is 60.0 Å². The molecule has 26 heavy (non-hydrogen) atoms. The van der Waals surface area contributed by atoms with E-state index in [0.29, 0.717) is 29.5 Å². The second-order valence-corrected chi connectivity index (χ2v) is 6.58. The molecule has 2 aromatic carbocycles. The summed E-state index contributed by atoms with van der Waals surface area (Å²) >= 11 is 3.52. The molecule has 0 spiro atoms. The molecule has 7 heteroatoms. The van der Waals surface area contributed by atoms with Gasteiger partial charge in [-0.05, 0) is 18.7 Å². The largest absolute Gasteiger partial charge is 0.493 e. The van der Waals surface area contributed by atoms with Crippen molar-refractivity contribution in [2.45, 2.75) is 6.54 Å². The molecule has 0 aliphatic heterocycles. The zero-order valence-electron chi connectivity index (χ0n) is 15.3. The first-order valence-electron chi connectivity index (χ1n) is 8.00. The normalized spacial score (nSPS) is 10.5. The average Bonchev–Trinajstić information content (AvgIpc) is 2.62. The van der Waals surface area contributed by atoms with Crippen LogP contribution in [0.2, 0.25) is 0 Å². The molecule has 0 bridgehead atoms. The number of hydrogen-bond donors (Lipinski definition) is 1. The van der Waals surface area contributed by atoms with E-state index < -0.39 is 0 Å². The highest BCUT2D eigenvalue weighted by Crippen LogP contribution is 2.39. The van der Waals surface area contributed by atoms with E-state index in [0.717, 1.165) is 10.0 Å². The Morgan fingerprint density at radius 3 is 2.23 bits per heavy atom. The standard InChI is InChI=1S/C19H23BrN2O4/c1-22(11-13-7-5-6-8-15(13)20)12-18(23)21-14-9-16(24-2)19(26-4)17(10-14)25-3/h5-10H,11-12H2,1-4H3,(H,21,23). The lowest BCUT2D eigenvalue weighted by Crippen LogP contribution is -2.30. The van der Waals surface area contributed by atoms with Gasteiger partial charge in [-0.3, -0.25) is 9.69 Å². The highest BCUT2D eigenvalue weighted by atomic mass is 79.9. The van der Waals surface area contributed by atoms with E-state index >= 15 is 0 Å². The maximum Gasteiger partial charge on any atom is 0.238 e. The molecular formula is C19H23BrN2O4. The summed E-state index contributed by atoms with van der Waals surface area (Å²) in [6.45, 7) is 0.905. The van der Waals surface area contributed by atoms with Crippen molar-refractivity contribution in [1.82, 2.24) is 4.90 Å². The van der Waals surface area contributed by atoms with Crippen LogP contribution in [-0.4, -0.2) is 45.7 Å². The van der Waals surface area contributed by atoms with Gasteiger partial charge in [0.1, 0.15) is 0 Å². The Kier molecular flexibility index (Phi) is 7.29. The Morgan fingerprint density at radius 2 is 1.69 bits per heavy atom. The highest BCUT2D eigenvalue weighted by Gasteiger charge is 2.15. The van der Waals surface area contributed by atoms with Crippen LogP contribution in [0.15, 0.2) is 40.9 Å². The van der Waals surface area contributed by atoms with Crippen molar-refractivity contribution in [2.75, 3.05) is 40.2 Å². The fraction of sp³-hybridized carbons (Fsp3) is 0.316. The third kappa shape index (κ3) is 5.12. The van der Waals surface area contributed by atoms with Crippen LogP contribution in [0.25, 0.3) is 0 Å². The molecular weight excluding hydrogens is 400 g/mol. The Hall–Kier alpha value is -2.25. The number of amides is 1. The zero-order valence-corrected chi connectivity index (χ0v) is 16.9. The number of nitrogens with zero attached hydrogens (tertiary/aromatic N) is 1. The van der Waals surface area contributed by atoms with Crippen LogP contribution in [0.1, 0.15) is 5.56 Å². The molecule has 0 heterocycles. The van der Waals surface area contributed by atoms with Crippen LogP contribution in [-0.2, 0) is 11.3 Å². The summed E-state index contributed by atoms with van der Waals surface area (Å²) in [5.41, 5.74) is 1.70. The Morgan fingerprint density at radius 1 is 1.08 bits per heavy atom. The number of nitrogens with one attached hydrogen (secondary N) is 1. The number of halogens is 1. The third-order valence-corrected chi connectivity index (χ3v) is 4.53. The van der Waals surface area contributed by atoms with Crippen LogP contribution in [0, 0.1) is 0 Å². The molecule has 0 saturated carbocycles. The van der Waals surface area contributed by atoms with Gasteiger partial charge < -0.3 is 19.5 Å². The van der Waals surface area contributed by atoms with Gasteiger partial charge in [0.05, 0.1) is 27.9 Å². The van der Waals surface area contributed by atoms with Crippen molar-refractivity contribution in [3.05, 3.63) is 46.4 Å². The number of carbonyl (C=O) groups is 1. The zero-order chi connectivity index (χ0) is 19.1. The van der Waals surface area contributed by atoms with Gasteiger partial charge >= 0.3 is 0 Å². The molecule has 0 aliphatic carbocycles. The van der Waals surface area contributed by atoms with Crippen LogP contribution in [0.4, 0.5) is 5.69 Å². The number of benzene rings is 2. The molecule has 0 saturated heterocycles. The lowest BCUT2D eigenvalue weighted by molar-refractivity contribution is -0.117. The van der Waals surface area contributed by atoms with E-state index in [-0.39, 0.29) is 12.5 Å². The molecule has 0 aromatic heterocycles. The van der Waals surface area contributed by atoms with Crippen molar-refractivity contribution in [3.8, 4) is 17.2 Å². The smallest absolute Gasteiger partial charge is 0.238 e. The molecule has 2 rings (SSSR count). The first kappa shape index (κ1) is 20.1. The van der Waals surface area contributed by atoms with E-state index in [1.165, 1.54) is 21.3 Å². The predicted molar refractivity (Wildman–Crippen MR) is 105 cm³/mol. The quantitative estimate of drug-likeness (QED) is 0.704. The molecule has 0 aliphatic rings. The molecule has 0 fully saturated rings. The van der Waals surface area contributed by atoms with E-state index in [1.54, 1.807) is 12.1 Å². The minimum absolute atomic E-state index is 0.131. The van der Waals surface area contributed by atoms with Gasteiger partial charge in [-0.2, -0.15) is 0 Å². The fourth-order valence-corrected chi connectivity index (χ4v) is 2.98. The van der Waals surface area contributed by atoms with E-state index in [1.807, 2.05) is 36.2 Å². The minimum Gasteiger partial charge on any atom is -0.493 e. The molecule has 0 radical (unpaired) electrons. The van der Waals surface area contributed by atoms with Crippen LogP contribution in [0.3, 0.4) is 0 Å². The minimum atomic E-state index is -0.131. The van der Waals surface area contributed by atoms with Crippen molar-refractivity contribution >= 4 is 27.5 Å². The summed E-state index contributed by atoms with van der Waals surface area (Å²) in [6, 6.07) is 11.4. The van der Waals surface area contributed by atoms with Crippen molar-refractivity contribution < 1.29 is 19.0 Å². The Balaban J connectivity index is 2.04. The number of anilines is 1. The first-order valence-corrected chi connectivity index (χ1v) is 8.79. The first-order chi connectivity index (χ1) is 12.5. The van der Waals surface area contributed by atoms with E-state index in [9.17, 15) is 4.79 Å². The van der Waals surface area contributed by atoms with Crippen molar-refractivity contribution in [3.63, 3.8) is 0 Å². The van der Waals surface area contributed by atoms with Gasteiger partial charge in [0.25, 0.3) is 0 Å². The van der Waals surface area contributed by atoms with Gasteiger partial charge in [0.15, 0.2) is 11.5 Å². The second kappa shape index (κ2) is 9.45. The summed E-state index contributed by atoms with van der Waals surface area (Å²) in [7, 11) is 6.51. The number of rotatable bonds is 8. The summed E-state index contributed by atoms with van der Waals surface area (Å²) in [4.78, 5) is 14.3. The lowest BCUT2D eigenvalue weighted by atomic mass is 10.2. The maximum absolute atomic E-state index is 12.4. The predicted octanol–water partition coefficient (Wildman–Crippen LogP) is 3.55. The van der Waals surface area contributed by atoms with Gasteiger partial charge in [-0.25, -0.2) is 0 Å². The number of likely N-dealkylation sites (N-methyl/N-ethyl adjacent to an activating group) is 1. The number of methoxy groups -OCH3 is 3. The van der Waals surface area contributed by atoms with E-state index in [4.69, 9.17) is 14.2 Å². The fourth-order valence-electron chi connectivity index (χ4n) is 2.57. The number of hydrogen-bond acceptors (Lipinski definition) is 5. The van der Waals surface area contributed by atoms with Gasteiger partial charge in [0, 0.05) is 28.8 Å². The van der Waals surface area contributed by atoms with Gasteiger partial charge in [-0.15, -0.1) is 0 Å². The monoisotopic (exact) mass is 422 g/mol. The van der Waals surface area contributed by atoms with Gasteiger partial charge in [0.2, 0.25) is 11.7 Å². The van der Waals surface area contributed by atoms with Crippen LogP contribution < -0.4 is 19.5 Å².